The van der Waals surface area contributed by atoms with Crippen LogP contribution < -0.4 is 9.46 Å². The molecule has 2 unspecified atom stereocenters. The summed E-state index contributed by atoms with van der Waals surface area (Å²) in [6, 6.07) is 4.63. The lowest BCUT2D eigenvalue weighted by atomic mass is 10.1. The lowest BCUT2D eigenvalue weighted by Gasteiger charge is -2.19. The summed E-state index contributed by atoms with van der Waals surface area (Å²) < 4.78 is 39.2. The standard InChI is InChI=1S/C14H18BrNO4S/c1-19-13-5-4-10(8-11(13)15)21(17,18)16-12-6-7-20-14(12)9-2-3-9/h4-5,8-9,12,14,16H,2-3,6-7H2,1H3. The van der Waals surface area contributed by atoms with Crippen LogP contribution in [-0.4, -0.2) is 34.3 Å². The van der Waals surface area contributed by atoms with Gasteiger partial charge >= 0.3 is 0 Å². The Labute approximate surface area is 133 Å². The predicted molar refractivity (Wildman–Crippen MR) is 81.9 cm³/mol. The maximum atomic E-state index is 12.5. The maximum absolute atomic E-state index is 12.5. The molecule has 2 atom stereocenters. The molecule has 0 aromatic heterocycles. The smallest absolute Gasteiger partial charge is 0.240 e. The van der Waals surface area contributed by atoms with E-state index in [1.54, 1.807) is 25.3 Å². The molecule has 1 aliphatic heterocycles. The van der Waals surface area contributed by atoms with E-state index < -0.39 is 10.0 Å². The molecule has 1 aromatic rings. The number of rotatable bonds is 5. The number of halogens is 1. The minimum Gasteiger partial charge on any atom is -0.496 e. The molecular formula is C14H18BrNO4S. The van der Waals surface area contributed by atoms with E-state index in [9.17, 15) is 8.42 Å². The first kappa shape index (κ1) is 15.3. The van der Waals surface area contributed by atoms with Gasteiger partial charge in [-0.1, -0.05) is 0 Å². The molecule has 0 radical (unpaired) electrons. The van der Waals surface area contributed by atoms with E-state index >= 15 is 0 Å². The number of ether oxygens (including phenoxy) is 2. The van der Waals surface area contributed by atoms with Gasteiger partial charge in [-0.3, -0.25) is 0 Å². The molecule has 116 valence electrons. The Balaban J connectivity index is 1.78. The molecule has 1 aromatic carbocycles. The topological polar surface area (TPSA) is 64.6 Å². The van der Waals surface area contributed by atoms with Gasteiger partial charge in [-0.2, -0.15) is 0 Å². The fourth-order valence-corrected chi connectivity index (χ4v) is 4.71. The average Bonchev–Trinajstić information content (AvgIpc) is 3.19. The fourth-order valence-electron chi connectivity index (χ4n) is 2.71. The van der Waals surface area contributed by atoms with Crippen molar-refractivity contribution in [3.05, 3.63) is 22.7 Å². The number of sulfonamides is 1. The molecule has 1 saturated heterocycles. The SMILES string of the molecule is COc1ccc(S(=O)(=O)NC2CCOC2C2CC2)cc1Br. The van der Waals surface area contributed by atoms with Crippen LogP contribution in [0.5, 0.6) is 5.75 Å². The molecular weight excluding hydrogens is 358 g/mol. The molecule has 1 N–H and O–H groups in total. The first-order chi connectivity index (χ1) is 10.0. The summed E-state index contributed by atoms with van der Waals surface area (Å²) in [5.41, 5.74) is 0. The Bertz CT molecular complexity index is 630. The zero-order valence-electron chi connectivity index (χ0n) is 11.7. The van der Waals surface area contributed by atoms with Crippen LogP contribution in [0.1, 0.15) is 19.3 Å². The Morgan fingerprint density at radius 3 is 2.71 bits per heavy atom. The molecule has 1 aliphatic carbocycles. The molecule has 2 fully saturated rings. The van der Waals surface area contributed by atoms with E-state index in [2.05, 4.69) is 20.7 Å². The van der Waals surface area contributed by atoms with E-state index in [0.29, 0.717) is 22.7 Å². The third kappa shape index (κ3) is 3.26. The Hall–Kier alpha value is -0.630. The largest absolute Gasteiger partial charge is 0.496 e. The fraction of sp³-hybridized carbons (Fsp3) is 0.571. The minimum atomic E-state index is -3.55. The Morgan fingerprint density at radius 2 is 2.10 bits per heavy atom. The van der Waals surface area contributed by atoms with Crippen LogP contribution in [0.4, 0.5) is 0 Å². The van der Waals surface area contributed by atoms with Gasteiger partial charge in [0, 0.05) is 6.61 Å². The first-order valence-corrected chi connectivity index (χ1v) is 9.26. The van der Waals surface area contributed by atoms with Crippen molar-refractivity contribution >= 4 is 26.0 Å². The van der Waals surface area contributed by atoms with Gasteiger partial charge in [0.2, 0.25) is 10.0 Å². The van der Waals surface area contributed by atoms with Crippen molar-refractivity contribution in [1.82, 2.24) is 4.72 Å². The Morgan fingerprint density at radius 1 is 1.33 bits per heavy atom. The monoisotopic (exact) mass is 375 g/mol. The van der Waals surface area contributed by atoms with Gasteiger partial charge in [-0.05, 0) is 59.3 Å². The van der Waals surface area contributed by atoms with Gasteiger partial charge in [0.1, 0.15) is 5.75 Å². The van der Waals surface area contributed by atoms with Gasteiger partial charge in [-0.25, -0.2) is 13.1 Å². The summed E-state index contributed by atoms with van der Waals surface area (Å²) in [6.45, 7) is 0.626. The molecule has 0 amide bonds. The summed E-state index contributed by atoms with van der Waals surface area (Å²) >= 11 is 3.32. The zero-order chi connectivity index (χ0) is 15.0. The number of benzene rings is 1. The summed E-state index contributed by atoms with van der Waals surface area (Å²) in [6.07, 6.45) is 3.03. The zero-order valence-corrected chi connectivity index (χ0v) is 14.1. The van der Waals surface area contributed by atoms with Crippen LogP contribution in [0, 0.1) is 5.92 Å². The van der Waals surface area contributed by atoms with Crippen LogP contribution in [0.3, 0.4) is 0 Å². The summed E-state index contributed by atoms with van der Waals surface area (Å²) in [5, 5.41) is 0. The van der Waals surface area contributed by atoms with E-state index in [1.165, 1.54) is 0 Å². The van der Waals surface area contributed by atoms with E-state index in [-0.39, 0.29) is 17.0 Å². The van der Waals surface area contributed by atoms with Crippen LogP contribution in [0.15, 0.2) is 27.6 Å². The van der Waals surface area contributed by atoms with E-state index in [1.807, 2.05) is 0 Å². The number of hydrogen-bond acceptors (Lipinski definition) is 4. The van der Waals surface area contributed by atoms with Gasteiger partial charge in [0.05, 0.1) is 28.6 Å². The van der Waals surface area contributed by atoms with Gasteiger partial charge < -0.3 is 9.47 Å². The summed E-state index contributed by atoms with van der Waals surface area (Å²) in [5.74, 6) is 1.12. The number of nitrogens with one attached hydrogen (secondary N) is 1. The normalized spacial score (nSPS) is 26.0. The maximum Gasteiger partial charge on any atom is 0.240 e. The van der Waals surface area contributed by atoms with Gasteiger partial charge in [0.25, 0.3) is 0 Å². The minimum absolute atomic E-state index is 0.0291. The first-order valence-electron chi connectivity index (χ1n) is 6.99. The van der Waals surface area contributed by atoms with Crippen molar-refractivity contribution in [2.24, 2.45) is 5.92 Å². The quantitative estimate of drug-likeness (QED) is 0.857. The van der Waals surface area contributed by atoms with Crippen LogP contribution in [0.2, 0.25) is 0 Å². The van der Waals surface area contributed by atoms with Crippen LogP contribution in [-0.2, 0) is 14.8 Å². The van der Waals surface area contributed by atoms with Crippen molar-refractivity contribution < 1.29 is 17.9 Å². The third-order valence-corrected chi connectivity index (χ3v) is 6.07. The van der Waals surface area contributed by atoms with Gasteiger partial charge in [-0.15, -0.1) is 0 Å². The lowest BCUT2D eigenvalue weighted by molar-refractivity contribution is 0.0848. The molecule has 1 saturated carbocycles. The van der Waals surface area contributed by atoms with Crippen molar-refractivity contribution in [3.8, 4) is 5.75 Å². The van der Waals surface area contributed by atoms with Crippen molar-refractivity contribution in [3.63, 3.8) is 0 Å². The van der Waals surface area contributed by atoms with Crippen molar-refractivity contribution in [2.75, 3.05) is 13.7 Å². The van der Waals surface area contributed by atoms with Crippen LogP contribution >= 0.6 is 15.9 Å². The second kappa shape index (κ2) is 5.87. The van der Waals surface area contributed by atoms with Crippen molar-refractivity contribution in [2.45, 2.75) is 36.3 Å². The van der Waals surface area contributed by atoms with E-state index in [4.69, 9.17) is 9.47 Å². The van der Waals surface area contributed by atoms with Gasteiger partial charge in [0.15, 0.2) is 0 Å². The Kier molecular flexibility index (Phi) is 4.27. The highest BCUT2D eigenvalue weighted by molar-refractivity contribution is 9.10. The summed E-state index contributed by atoms with van der Waals surface area (Å²) in [7, 11) is -2.00. The molecule has 3 rings (SSSR count). The molecule has 0 spiro atoms. The highest BCUT2D eigenvalue weighted by atomic mass is 79.9. The molecule has 21 heavy (non-hydrogen) atoms. The highest BCUT2D eigenvalue weighted by Gasteiger charge is 2.42. The van der Waals surface area contributed by atoms with Crippen molar-refractivity contribution in [1.29, 1.82) is 0 Å². The molecule has 5 nitrogen and oxygen atoms in total. The predicted octanol–water partition coefficient (Wildman–Crippen LogP) is 2.30. The second-order valence-electron chi connectivity index (χ2n) is 5.49. The molecule has 2 aliphatic rings. The third-order valence-electron chi connectivity index (χ3n) is 3.96. The molecule has 1 heterocycles. The average molecular weight is 376 g/mol. The molecule has 0 bridgehead atoms. The summed E-state index contributed by atoms with van der Waals surface area (Å²) in [4.78, 5) is 0.233. The molecule has 7 heteroatoms. The second-order valence-corrected chi connectivity index (χ2v) is 8.05. The van der Waals surface area contributed by atoms with E-state index in [0.717, 1.165) is 19.3 Å². The number of hydrogen-bond donors (Lipinski definition) is 1. The van der Waals surface area contributed by atoms with Crippen LogP contribution in [0.25, 0.3) is 0 Å². The number of methoxy groups -OCH3 is 1. The highest BCUT2D eigenvalue weighted by Crippen LogP contribution is 2.39. The lowest BCUT2D eigenvalue weighted by Crippen LogP contribution is -2.41.